The molecule has 2 aliphatic heterocycles. The van der Waals surface area contributed by atoms with Crippen molar-refractivity contribution < 1.29 is 17.6 Å². The molecule has 2 aliphatic rings. The number of piperidine rings is 1. The molecule has 0 atom stereocenters. The maximum Gasteiger partial charge on any atom is 0.265 e. The molecule has 0 aliphatic carbocycles. The molecule has 2 fully saturated rings. The third-order valence-corrected chi connectivity index (χ3v) is 9.19. The molecule has 0 bridgehead atoms. The van der Waals surface area contributed by atoms with Crippen molar-refractivity contribution in [2.24, 2.45) is 0 Å². The molecular weight excluding hydrogens is 461 g/mol. The Bertz CT molecular complexity index is 1030. The number of hydrogen-bond donors (Lipinski definition) is 0. The van der Waals surface area contributed by atoms with Crippen molar-refractivity contribution in [3.05, 3.63) is 50.9 Å². The molecule has 2 saturated heterocycles. The van der Waals surface area contributed by atoms with Crippen LogP contribution in [0.3, 0.4) is 0 Å². The Labute approximate surface area is 191 Å². The highest BCUT2D eigenvalue weighted by molar-refractivity contribution is 7.89. The lowest BCUT2D eigenvalue weighted by Gasteiger charge is -2.35. The number of piperazine rings is 1. The van der Waals surface area contributed by atoms with Gasteiger partial charge >= 0.3 is 0 Å². The van der Waals surface area contributed by atoms with Crippen molar-refractivity contribution in [3.63, 3.8) is 0 Å². The molecule has 3 heterocycles. The summed E-state index contributed by atoms with van der Waals surface area (Å²) in [5, 5.41) is 2.06. The maximum absolute atomic E-state index is 14.1. The van der Waals surface area contributed by atoms with E-state index in [-0.39, 0.29) is 21.5 Å². The second-order valence-corrected chi connectivity index (χ2v) is 11.1. The van der Waals surface area contributed by atoms with Crippen LogP contribution in [0.25, 0.3) is 0 Å². The molecule has 1 aromatic carbocycles. The van der Waals surface area contributed by atoms with E-state index in [2.05, 4.69) is 0 Å². The summed E-state index contributed by atoms with van der Waals surface area (Å²) in [5.74, 6) is -0.591. The Balaban J connectivity index is 1.42. The van der Waals surface area contributed by atoms with Gasteiger partial charge in [-0.15, -0.1) is 11.3 Å². The number of nitrogens with zero attached hydrogens (tertiary/aromatic N) is 3. The standard InChI is InChI=1S/C21H25ClFN3O3S2/c22-17-5-4-6-18(23)16(17)15-24-10-12-25(13-11-24)21(27)20-19(7-14-30-20)31(28,29)26-8-2-1-3-9-26/h4-7,14H,1-3,8-13,15H2. The summed E-state index contributed by atoms with van der Waals surface area (Å²) in [4.78, 5) is 17.3. The lowest BCUT2D eigenvalue weighted by molar-refractivity contribution is 0.0628. The first-order valence-electron chi connectivity index (χ1n) is 10.4. The first-order chi connectivity index (χ1) is 14.9. The number of thiophene rings is 1. The summed E-state index contributed by atoms with van der Waals surface area (Å²) >= 11 is 7.30. The molecule has 1 aromatic heterocycles. The number of carbonyl (C=O) groups is 1. The SMILES string of the molecule is O=C(c1sccc1S(=O)(=O)N1CCCCC1)N1CCN(Cc2c(F)cccc2Cl)CC1. The highest BCUT2D eigenvalue weighted by Gasteiger charge is 2.33. The smallest absolute Gasteiger partial charge is 0.265 e. The largest absolute Gasteiger partial charge is 0.335 e. The summed E-state index contributed by atoms with van der Waals surface area (Å²) in [6, 6.07) is 6.18. The average Bonchev–Trinajstić information content (AvgIpc) is 3.28. The van der Waals surface area contributed by atoms with Crippen LogP contribution in [0.15, 0.2) is 34.5 Å². The Hall–Kier alpha value is -1.52. The minimum Gasteiger partial charge on any atom is -0.335 e. The van der Waals surface area contributed by atoms with Crippen molar-refractivity contribution in [1.82, 2.24) is 14.1 Å². The van der Waals surface area contributed by atoms with Gasteiger partial charge in [-0.3, -0.25) is 9.69 Å². The number of halogens is 2. The molecule has 168 valence electrons. The minimum absolute atomic E-state index is 0.116. The molecule has 10 heteroatoms. The van der Waals surface area contributed by atoms with Gasteiger partial charge in [-0.05, 0) is 36.4 Å². The monoisotopic (exact) mass is 485 g/mol. The minimum atomic E-state index is -3.66. The molecule has 0 spiro atoms. The van der Waals surface area contributed by atoms with Crippen molar-refractivity contribution in [1.29, 1.82) is 0 Å². The highest BCUT2D eigenvalue weighted by atomic mass is 35.5. The zero-order valence-electron chi connectivity index (χ0n) is 17.1. The maximum atomic E-state index is 14.1. The van der Waals surface area contributed by atoms with Crippen molar-refractivity contribution >= 4 is 38.9 Å². The Morgan fingerprint density at radius 1 is 1.03 bits per heavy atom. The van der Waals surface area contributed by atoms with Crippen molar-refractivity contribution in [2.45, 2.75) is 30.7 Å². The lowest BCUT2D eigenvalue weighted by atomic mass is 10.2. The second kappa shape index (κ2) is 9.54. The van der Waals surface area contributed by atoms with E-state index in [1.54, 1.807) is 22.4 Å². The molecule has 0 N–H and O–H groups in total. The molecule has 0 unspecified atom stereocenters. The summed E-state index contributed by atoms with van der Waals surface area (Å²) in [7, 11) is -3.66. The van der Waals surface area contributed by atoms with Gasteiger partial charge in [-0.25, -0.2) is 12.8 Å². The van der Waals surface area contributed by atoms with Gasteiger partial charge in [0, 0.05) is 56.4 Å². The first kappa shape index (κ1) is 22.7. The van der Waals surface area contributed by atoms with E-state index in [1.165, 1.54) is 27.8 Å². The Morgan fingerprint density at radius 2 is 1.74 bits per heavy atom. The van der Waals surface area contributed by atoms with E-state index < -0.39 is 10.0 Å². The van der Waals surface area contributed by atoms with Crippen LogP contribution in [0.4, 0.5) is 4.39 Å². The molecule has 1 amide bonds. The number of rotatable bonds is 5. The summed E-state index contributed by atoms with van der Waals surface area (Å²) < 4.78 is 41.7. The normalized spacial score (nSPS) is 19.0. The second-order valence-electron chi connectivity index (χ2n) is 7.85. The van der Waals surface area contributed by atoms with Gasteiger partial charge in [0.05, 0.1) is 0 Å². The van der Waals surface area contributed by atoms with Crippen LogP contribution in [0.2, 0.25) is 5.02 Å². The molecule has 6 nitrogen and oxygen atoms in total. The zero-order valence-corrected chi connectivity index (χ0v) is 19.5. The third kappa shape index (κ3) is 4.80. The molecule has 0 radical (unpaired) electrons. The molecule has 31 heavy (non-hydrogen) atoms. The van der Waals surface area contributed by atoms with Crippen molar-refractivity contribution in [3.8, 4) is 0 Å². The predicted octanol–water partition coefficient (Wildman–Crippen LogP) is 3.67. The average molecular weight is 486 g/mol. The summed E-state index contributed by atoms with van der Waals surface area (Å²) in [6.07, 6.45) is 2.73. The number of carbonyl (C=O) groups excluding carboxylic acids is 1. The van der Waals surface area contributed by atoms with E-state index in [0.717, 1.165) is 19.3 Å². The third-order valence-electron chi connectivity index (χ3n) is 5.86. The quantitative estimate of drug-likeness (QED) is 0.648. The van der Waals surface area contributed by atoms with E-state index in [9.17, 15) is 17.6 Å². The van der Waals surface area contributed by atoms with Crippen LogP contribution in [-0.2, 0) is 16.6 Å². The fraction of sp³-hybridized carbons (Fsp3) is 0.476. The van der Waals surface area contributed by atoms with E-state index in [0.29, 0.717) is 56.4 Å². The van der Waals surface area contributed by atoms with Crippen LogP contribution in [0.5, 0.6) is 0 Å². The topological polar surface area (TPSA) is 60.9 Å². The lowest BCUT2D eigenvalue weighted by Crippen LogP contribution is -2.48. The van der Waals surface area contributed by atoms with Crippen molar-refractivity contribution in [2.75, 3.05) is 39.3 Å². The van der Waals surface area contributed by atoms with E-state index in [4.69, 9.17) is 11.6 Å². The Kier molecular flexibility index (Phi) is 6.98. The van der Waals surface area contributed by atoms with Crippen LogP contribution in [0.1, 0.15) is 34.5 Å². The number of sulfonamides is 1. The van der Waals surface area contributed by atoms with Gasteiger partial charge in [-0.2, -0.15) is 4.31 Å². The van der Waals surface area contributed by atoms with E-state index in [1.807, 2.05) is 4.90 Å². The van der Waals surface area contributed by atoms with Gasteiger partial charge in [0.1, 0.15) is 15.6 Å². The summed E-state index contributed by atoms with van der Waals surface area (Å²) in [6.45, 7) is 3.41. The van der Waals surface area contributed by atoms with Crippen LogP contribution >= 0.6 is 22.9 Å². The van der Waals surface area contributed by atoms with Gasteiger partial charge in [0.25, 0.3) is 5.91 Å². The number of benzene rings is 1. The number of amides is 1. The first-order valence-corrected chi connectivity index (χ1v) is 13.1. The molecular formula is C21H25ClFN3O3S2. The fourth-order valence-electron chi connectivity index (χ4n) is 4.06. The molecule has 4 rings (SSSR count). The van der Waals surface area contributed by atoms with Crippen LogP contribution in [0, 0.1) is 5.82 Å². The molecule has 0 saturated carbocycles. The predicted molar refractivity (Wildman–Crippen MR) is 120 cm³/mol. The highest BCUT2D eigenvalue weighted by Crippen LogP contribution is 2.29. The van der Waals surface area contributed by atoms with E-state index >= 15 is 0 Å². The fourth-order valence-corrected chi connectivity index (χ4v) is 7.16. The van der Waals surface area contributed by atoms with Gasteiger partial charge in [-0.1, -0.05) is 24.1 Å². The van der Waals surface area contributed by atoms with Gasteiger partial charge in [0.2, 0.25) is 10.0 Å². The van der Waals surface area contributed by atoms with Crippen LogP contribution in [-0.4, -0.2) is 67.7 Å². The zero-order chi connectivity index (χ0) is 22.0. The Morgan fingerprint density at radius 3 is 2.42 bits per heavy atom. The van der Waals surface area contributed by atoms with Crippen LogP contribution < -0.4 is 0 Å². The molecule has 2 aromatic rings. The number of hydrogen-bond acceptors (Lipinski definition) is 5. The summed E-state index contributed by atoms with van der Waals surface area (Å²) in [5.41, 5.74) is 0.456. The van der Waals surface area contributed by atoms with Gasteiger partial charge < -0.3 is 4.90 Å². The van der Waals surface area contributed by atoms with Gasteiger partial charge in [0.15, 0.2) is 0 Å².